The van der Waals surface area contributed by atoms with E-state index in [9.17, 15) is 14.7 Å². The molecule has 0 radical (unpaired) electrons. The molecule has 5 nitrogen and oxygen atoms in total. The van der Waals surface area contributed by atoms with E-state index in [0.29, 0.717) is 6.42 Å². The Kier molecular flexibility index (Phi) is 6.79. The van der Waals surface area contributed by atoms with Gasteiger partial charge in [0.25, 0.3) is 0 Å². The Hall–Kier alpha value is -1.88. The highest BCUT2D eigenvalue weighted by molar-refractivity contribution is 5.79. The SMILES string of the molecule is CC(=O)NC(CC(=O)N1CCCCC1CCO)c1ccc(C)cc1. The van der Waals surface area contributed by atoms with Gasteiger partial charge in [0, 0.05) is 26.1 Å². The number of benzene rings is 1. The molecule has 1 heterocycles. The number of nitrogens with zero attached hydrogens (tertiary/aromatic N) is 1. The number of amides is 2. The molecule has 132 valence electrons. The zero-order valence-corrected chi connectivity index (χ0v) is 14.6. The number of aliphatic hydroxyl groups is 1. The van der Waals surface area contributed by atoms with Crippen molar-refractivity contribution in [3.63, 3.8) is 0 Å². The minimum absolute atomic E-state index is 0.0486. The Balaban J connectivity index is 2.11. The monoisotopic (exact) mass is 332 g/mol. The van der Waals surface area contributed by atoms with E-state index in [4.69, 9.17) is 0 Å². The highest BCUT2D eigenvalue weighted by Gasteiger charge is 2.28. The lowest BCUT2D eigenvalue weighted by Crippen LogP contribution is -2.45. The predicted molar refractivity (Wildman–Crippen MR) is 93.4 cm³/mol. The smallest absolute Gasteiger partial charge is 0.225 e. The van der Waals surface area contributed by atoms with E-state index >= 15 is 0 Å². The van der Waals surface area contributed by atoms with Gasteiger partial charge in [-0.2, -0.15) is 0 Å². The highest BCUT2D eigenvalue weighted by Crippen LogP contribution is 2.24. The molecule has 0 bridgehead atoms. The first-order valence-corrected chi connectivity index (χ1v) is 8.75. The standard InChI is InChI=1S/C19H28N2O3/c1-14-6-8-16(9-7-14)18(20-15(2)23)13-19(24)21-11-4-3-5-17(21)10-12-22/h6-9,17-18,22H,3-5,10-13H2,1-2H3,(H,20,23). The van der Waals surface area contributed by atoms with Crippen LogP contribution in [0.25, 0.3) is 0 Å². The fourth-order valence-electron chi connectivity index (χ4n) is 3.37. The highest BCUT2D eigenvalue weighted by atomic mass is 16.3. The van der Waals surface area contributed by atoms with Crippen LogP contribution in [0.4, 0.5) is 0 Å². The quantitative estimate of drug-likeness (QED) is 0.840. The average molecular weight is 332 g/mol. The first-order valence-electron chi connectivity index (χ1n) is 8.75. The Morgan fingerprint density at radius 3 is 2.62 bits per heavy atom. The molecule has 0 aliphatic carbocycles. The third-order valence-electron chi connectivity index (χ3n) is 4.65. The molecule has 2 amide bonds. The molecule has 2 atom stereocenters. The van der Waals surface area contributed by atoms with Gasteiger partial charge in [-0.15, -0.1) is 0 Å². The number of carbonyl (C=O) groups is 2. The number of hydrogen-bond donors (Lipinski definition) is 2. The summed E-state index contributed by atoms with van der Waals surface area (Å²) in [5, 5.41) is 12.1. The maximum Gasteiger partial charge on any atom is 0.225 e. The summed E-state index contributed by atoms with van der Waals surface area (Å²) in [6.45, 7) is 4.32. The normalized spacial score (nSPS) is 19.0. The molecule has 0 saturated carbocycles. The molecule has 2 rings (SSSR count). The van der Waals surface area contributed by atoms with Crippen LogP contribution in [-0.2, 0) is 9.59 Å². The number of rotatable bonds is 6. The van der Waals surface area contributed by atoms with Crippen molar-refractivity contribution in [1.29, 1.82) is 0 Å². The summed E-state index contributed by atoms with van der Waals surface area (Å²) in [5.74, 6) is -0.0913. The lowest BCUT2D eigenvalue weighted by molar-refractivity contribution is -0.136. The number of carbonyl (C=O) groups excluding carboxylic acids is 2. The van der Waals surface area contributed by atoms with Gasteiger partial charge in [0.05, 0.1) is 12.5 Å². The van der Waals surface area contributed by atoms with E-state index in [1.165, 1.54) is 6.92 Å². The summed E-state index contributed by atoms with van der Waals surface area (Å²) >= 11 is 0. The lowest BCUT2D eigenvalue weighted by Gasteiger charge is -2.36. The van der Waals surface area contributed by atoms with Crippen LogP contribution < -0.4 is 5.32 Å². The van der Waals surface area contributed by atoms with Gasteiger partial charge in [0.2, 0.25) is 11.8 Å². The number of aryl methyl sites for hydroxylation is 1. The molecule has 1 fully saturated rings. The van der Waals surface area contributed by atoms with Crippen LogP contribution in [0.2, 0.25) is 0 Å². The maximum atomic E-state index is 12.8. The summed E-state index contributed by atoms with van der Waals surface area (Å²) in [4.78, 5) is 26.3. The van der Waals surface area contributed by atoms with Crippen molar-refractivity contribution in [2.24, 2.45) is 0 Å². The number of piperidine rings is 1. The zero-order chi connectivity index (χ0) is 17.5. The minimum Gasteiger partial charge on any atom is -0.396 e. The van der Waals surface area contributed by atoms with Crippen LogP contribution in [0.1, 0.15) is 56.2 Å². The first-order chi connectivity index (χ1) is 11.5. The van der Waals surface area contributed by atoms with Crippen LogP contribution in [0.5, 0.6) is 0 Å². The number of aliphatic hydroxyl groups excluding tert-OH is 1. The second-order valence-electron chi connectivity index (χ2n) is 6.62. The molecule has 24 heavy (non-hydrogen) atoms. The lowest BCUT2D eigenvalue weighted by atomic mass is 9.97. The van der Waals surface area contributed by atoms with Gasteiger partial charge in [-0.1, -0.05) is 29.8 Å². The minimum atomic E-state index is -0.313. The van der Waals surface area contributed by atoms with Crippen molar-refractivity contribution in [3.05, 3.63) is 35.4 Å². The Labute approximate surface area is 144 Å². The number of hydrogen-bond acceptors (Lipinski definition) is 3. The summed E-state index contributed by atoms with van der Waals surface area (Å²) in [6.07, 6.45) is 3.93. The molecule has 1 aliphatic rings. The van der Waals surface area contributed by atoms with Crippen LogP contribution in [0.15, 0.2) is 24.3 Å². The summed E-state index contributed by atoms with van der Waals surface area (Å²) < 4.78 is 0. The van der Waals surface area contributed by atoms with Crippen molar-refractivity contribution >= 4 is 11.8 Å². The van der Waals surface area contributed by atoms with Crippen molar-refractivity contribution < 1.29 is 14.7 Å². The van der Waals surface area contributed by atoms with E-state index < -0.39 is 0 Å². The summed E-state index contributed by atoms with van der Waals surface area (Å²) in [6, 6.07) is 7.71. The van der Waals surface area contributed by atoms with Gasteiger partial charge < -0.3 is 15.3 Å². The molecular weight excluding hydrogens is 304 g/mol. The first kappa shape index (κ1) is 18.5. The summed E-state index contributed by atoms with van der Waals surface area (Å²) in [7, 11) is 0. The molecule has 1 aromatic rings. The van der Waals surface area contributed by atoms with Crippen molar-refractivity contribution in [3.8, 4) is 0 Å². The van der Waals surface area contributed by atoms with Gasteiger partial charge in [-0.25, -0.2) is 0 Å². The van der Waals surface area contributed by atoms with Gasteiger partial charge in [-0.05, 0) is 38.2 Å². The largest absolute Gasteiger partial charge is 0.396 e. The van der Waals surface area contributed by atoms with E-state index in [2.05, 4.69) is 5.32 Å². The molecule has 5 heteroatoms. The topological polar surface area (TPSA) is 69.6 Å². The maximum absolute atomic E-state index is 12.8. The predicted octanol–water partition coefficient (Wildman–Crippen LogP) is 2.33. The molecule has 0 aromatic heterocycles. The second kappa shape index (κ2) is 8.83. The number of nitrogens with one attached hydrogen (secondary N) is 1. The van der Waals surface area contributed by atoms with Crippen LogP contribution in [0, 0.1) is 6.92 Å². The average Bonchev–Trinajstić information content (AvgIpc) is 2.55. The van der Waals surface area contributed by atoms with Crippen LogP contribution >= 0.6 is 0 Å². The molecule has 2 N–H and O–H groups in total. The fraction of sp³-hybridized carbons (Fsp3) is 0.579. The van der Waals surface area contributed by atoms with Crippen LogP contribution in [-0.4, -0.2) is 41.0 Å². The van der Waals surface area contributed by atoms with Crippen molar-refractivity contribution in [2.75, 3.05) is 13.2 Å². The van der Waals surface area contributed by atoms with Crippen molar-refractivity contribution in [1.82, 2.24) is 10.2 Å². The Morgan fingerprint density at radius 1 is 1.29 bits per heavy atom. The molecule has 1 aromatic carbocycles. The second-order valence-corrected chi connectivity index (χ2v) is 6.62. The number of likely N-dealkylation sites (tertiary alicyclic amines) is 1. The Morgan fingerprint density at radius 2 is 2.00 bits per heavy atom. The molecule has 2 unspecified atom stereocenters. The zero-order valence-electron chi connectivity index (χ0n) is 14.6. The molecule has 0 spiro atoms. The van der Waals surface area contributed by atoms with Gasteiger partial charge in [-0.3, -0.25) is 9.59 Å². The van der Waals surface area contributed by atoms with Gasteiger partial charge in [0.15, 0.2) is 0 Å². The van der Waals surface area contributed by atoms with E-state index in [-0.39, 0.29) is 36.9 Å². The van der Waals surface area contributed by atoms with Gasteiger partial charge in [0.1, 0.15) is 0 Å². The van der Waals surface area contributed by atoms with E-state index in [0.717, 1.165) is 36.9 Å². The summed E-state index contributed by atoms with van der Waals surface area (Å²) in [5.41, 5.74) is 2.09. The third-order valence-corrected chi connectivity index (χ3v) is 4.65. The van der Waals surface area contributed by atoms with E-state index in [1.54, 1.807) is 0 Å². The van der Waals surface area contributed by atoms with Crippen LogP contribution in [0.3, 0.4) is 0 Å². The molecule has 1 aliphatic heterocycles. The molecular formula is C19H28N2O3. The Bertz CT molecular complexity index is 554. The fourth-order valence-corrected chi connectivity index (χ4v) is 3.37. The third kappa shape index (κ3) is 5.06. The molecule has 1 saturated heterocycles. The van der Waals surface area contributed by atoms with Gasteiger partial charge >= 0.3 is 0 Å². The van der Waals surface area contributed by atoms with Crippen molar-refractivity contribution in [2.45, 2.75) is 58.0 Å². The van der Waals surface area contributed by atoms with E-state index in [1.807, 2.05) is 36.1 Å².